The van der Waals surface area contributed by atoms with Crippen molar-refractivity contribution in [1.82, 2.24) is 9.97 Å². The molecule has 0 fully saturated rings. The molecule has 32 heavy (non-hydrogen) atoms. The number of ether oxygens (including phenoxy) is 1. The number of anilines is 3. The third-order valence-electron chi connectivity index (χ3n) is 4.52. The van der Waals surface area contributed by atoms with Crippen LogP contribution in [0.1, 0.15) is 35.3 Å². The summed E-state index contributed by atoms with van der Waals surface area (Å²) in [7, 11) is 0. The van der Waals surface area contributed by atoms with Crippen LogP contribution in [0.2, 0.25) is 0 Å². The number of hydrogen-bond acceptors (Lipinski definition) is 8. The molecule has 166 valence electrons. The van der Waals surface area contributed by atoms with E-state index in [0.29, 0.717) is 24.4 Å². The van der Waals surface area contributed by atoms with Crippen LogP contribution in [0.3, 0.4) is 0 Å². The standard InChI is InChI=1S/C23H25N5O4/c1-15(2)13-32-23(29)18-8-10-19(11-9-18)27-22-20(28(30)31)21(25-14-26-22)24-12-17-6-4-16(3)5-7-17/h4-11,14-15H,12-13H2,1-3H3,(H2,24,25,26,27). The highest BCUT2D eigenvalue weighted by Gasteiger charge is 2.23. The first-order valence-electron chi connectivity index (χ1n) is 10.2. The largest absolute Gasteiger partial charge is 0.462 e. The third kappa shape index (κ3) is 6.00. The van der Waals surface area contributed by atoms with E-state index in [9.17, 15) is 14.9 Å². The summed E-state index contributed by atoms with van der Waals surface area (Å²) in [6, 6.07) is 14.3. The Morgan fingerprint density at radius 3 is 2.34 bits per heavy atom. The highest BCUT2D eigenvalue weighted by molar-refractivity contribution is 5.90. The van der Waals surface area contributed by atoms with Crippen LogP contribution in [0, 0.1) is 23.0 Å². The lowest BCUT2D eigenvalue weighted by Crippen LogP contribution is -2.10. The van der Waals surface area contributed by atoms with E-state index in [-0.39, 0.29) is 23.2 Å². The summed E-state index contributed by atoms with van der Waals surface area (Å²) in [5.41, 5.74) is 2.77. The lowest BCUT2D eigenvalue weighted by Gasteiger charge is -2.11. The second-order valence-corrected chi connectivity index (χ2v) is 7.71. The molecule has 0 saturated heterocycles. The zero-order valence-corrected chi connectivity index (χ0v) is 18.2. The van der Waals surface area contributed by atoms with E-state index < -0.39 is 10.9 Å². The van der Waals surface area contributed by atoms with E-state index >= 15 is 0 Å². The fraction of sp³-hybridized carbons (Fsp3) is 0.261. The molecule has 0 amide bonds. The van der Waals surface area contributed by atoms with Gasteiger partial charge in [-0.1, -0.05) is 43.7 Å². The van der Waals surface area contributed by atoms with Crippen LogP contribution in [-0.4, -0.2) is 27.5 Å². The number of carbonyl (C=O) groups excluding carboxylic acids is 1. The van der Waals surface area contributed by atoms with Gasteiger partial charge < -0.3 is 15.4 Å². The number of hydrogen-bond donors (Lipinski definition) is 2. The van der Waals surface area contributed by atoms with Gasteiger partial charge in [0.25, 0.3) is 0 Å². The molecule has 0 spiro atoms. The van der Waals surface area contributed by atoms with Gasteiger partial charge in [0, 0.05) is 12.2 Å². The SMILES string of the molecule is Cc1ccc(CNc2ncnc(Nc3ccc(C(=O)OCC(C)C)cc3)c2[N+](=O)[O-])cc1. The lowest BCUT2D eigenvalue weighted by atomic mass is 10.1. The molecule has 0 radical (unpaired) electrons. The van der Waals surface area contributed by atoms with Crippen molar-refractivity contribution in [1.29, 1.82) is 0 Å². The monoisotopic (exact) mass is 435 g/mol. The molecule has 3 rings (SSSR count). The van der Waals surface area contributed by atoms with Gasteiger partial charge in [0.2, 0.25) is 11.6 Å². The van der Waals surface area contributed by atoms with Gasteiger partial charge >= 0.3 is 11.7 Å². The predicted molar refractivity (Wildman–Crippen MR) is 122 cm³/mol. The normalized spacial score (nSPS) is 10.6. The summed E-state index contributed by atoms with van der Waals surface area (Å²) in [5.74, 6) is -0.0126. The van der Waals surface area contributed by atoms with Crippen LogP contribution < -0.4 is 10.6 Å². The van der Waals surface area contributed by atoms with Crippen molar-refractivity contribution >= 4 is 29.0 Å². The molecule has 2 N–H and O–H groups in total. The molecule has 0 bridgehead atoms. The highest BCUT2D eigenvalue weighted by atomic mass is 16.6. The maximum absolute atomic E-state index is 12.1. The zero-order chi connectivity index (χ0) is 23.1. The van der Waals surface area contributed by atoms with E-state index in [0.717, 1.165) is 11.1 Å². The number of benzene rings is 2. The average Bonchev–Trinajstić information content (AvgIpc) is 2.77. The Morgan fingerprint density at radius 2 is 1.72 bits per heavy atom. The maximum atomic E-state index is 12.1. The van der Waals surface area contributed by atoms with Gasteiger partial charge in [0.05, 0.1) is 17.1 Å². The number of esters is 1. The van der Waals surface area contributed by atoms with Gasteiger partial charge in [0.15, 0.2) is 0 Å². The number of rotatable bonds is 9. The van der Waals surface area contributed by atoms with Gasteiger partial charge in [-0.3, -0.25) is 10.1 Å². The quantitative estimate of drug-likeness (QED) is 0.278. The number of carbonyl (C=O) groups is 1. The van der Waals surface area contributed by atoms with Gasteiger partial charge in [-0.15, -0.1) is 0 Å². The van der Waals surface area contributed by atoms with Crippen LogP contribution >= 0.6 is 0 Å². The topological polar surface area (TPSA) is 119 Å². The number of nitrogens with zero attached hydrogens (tertiary/aromatic N) is 3. The first-order valence-corrected chi connectivity index (χ1v) is 10.2. The third-order valence-corrected chi connectivity index (χ3v) is 4.52. The smallest absolute Gasteiger partial charge is 0.353 e. The van der Waals surface area contributed by atoms with Gasteiger partial charge in [-0.05, 0) is 42.7 Å². The van der Waals surface area contributed by atoms with Crippen LogP contribution in [0.5, 0.6) is 0 Å². The molecule has 9 heteroatoms. The summed E-state index contributed by atoms with van der Waals surface area (Å²) in [5, 5.41) is 17.7. The summed E-state index contributed by atoms with van der Waals surface area (Å²) in [4.78, 5) is 31.3. The van der Waals surface area contributed by atoms with Crippen molar-refractivity contribution in [3.63, 3.8) is 0 Å². The van der Waals surface area contributed by atoms with Crippen molar-refractivity contribution in [2.75, 3.05) is 17.2 Å². The molecular weight excluding hydrogens is 410 g/mol. The molecule has 0 saturated carbocycles. The molecular formula is C23H25N5O4. The Balaban J connectivity index is 1.74. The molecule has 0 atom stereocenters. The summed E-state index contributed by atoms with van der Waals surface area (Å²) in [6.45, 7) is 6.62. The minimum atomic E-state index is -0.530. The molecule has 2 aromatic carbocycles. The molecule has 1 aromatic heterocycles. The van der Waals surface area contributed by atoms with Gasteiger partial charge in [0.1, 0.15) is 6.33 Å². The molecule has 3 aromatic rings. The van der Waals surface area contributed by atoms with Crippen molar-refractivity contribution in [3.05, 3.63) is 81.7 Å². The first kappa shape index (κ1) is 22.7. The summed E-state index contributed by atoms with van der Waals surface area (Å²) in [6.07, 6.45) is 1.25. The van der Waals surface area contributed by atoms with Crippen molar-refractivity contribution < 1.29 is 14.5 Å². The minimum absolute atomic E-state index is 0.0477. The van der Waals surface area contributed by atoms with E-state index in [1.807, 2.05) is 45.0 Å². The van der Waals surface area contributed by atoms with Crippen LogP contribution in [0.15, 0.2) is 54.9 Å². The zero-order valence-electron chi connectivity index (χ0n) is 18.2. The first-order chi connectivity index (χ1) is 15.3. The second-order valence-electron chi connectivity index (χ2n) is 7.71. The molecule has 0 aliphatic rings. The Bertz CT molecular complexity index is 1080. The Kier molecular flexibility index (Phi) is 7.33. The number of aromatic nitrogens is 2. The van der Waals surface area contributed by atoms with Crippen LogP contribution in [0.4, 0.5) is 23.0 Å². The van der Waals surface area contributed by atoms with E-state index in [2.05, 4.69) is 20.6 Å². The number of nitro groups is 1. The number of aryl methyl sites for hydroxylation is 1. The van der Waals surface area contributed by atoms with Crippen molar-refractivity contribution in [2.24, 2.45) is 5.92 Å². The van der Waals surface area contributed by atoms with E-state index in [4.69, 9.17) is 4.74 Å². The van der Waals surface area contributed by atoms with Gasteiger partial charge in [-0.25, -0.2) is 14.8 Å². The lowest BCUT2D eigenvalue weighted by molar-refractivity contribution is -0.383. The maximum Gasteiger partial charge on any atom is 0.353 e. The highest BCUT2D eigenvalue weighted by Crippen LogP contribution is 2.31. The Hall–Kier alpha value is -4.01. The van der Waals surface area contributed by atoms with Crippen LogP contribution in [0.25, 0.3) is 0 Å². The molecule has 0 aliphatic heterocycles. The van der Waals surface area contributed by atoms with Crippen molar-refractivity contribution in [2.45, 2.75) is 27.3 Å². The second kappa shape index (κ2) is 10.3. The van der Waals surface area contributed by atoms with Crippen molar-refractivity contribution in [3.8, 4) is 0 Å². The summed E-state index contributed by atoms with van der Waals surface area (Å²) >= 11 is 0. The molecule has 9 nitrogen and oxygen atoms in total. The van der Waals surface area contributed by atoms with E-state index in [1.54, 1.807) is 24.3 Å². The van der Waals surface area contributed by atoms with E-state index in [1.165, 1.54) is 6.33 Å². The van der Waals surface area contributed by atoms with Gasteiger partial charge in [-0.2, -0.15) is 0 Å². The number of nitrogens with one attached hydrogen (secondary N) is 2. The molecule has 0 unspecified atom stereocenters. The predicted octanol–water partition coefficient (Wildman–Crippen LogP) is 4.86. The fourth-order valence-electron chi connectivity index (χ4n) is 2.82. The fourth-order valence-corrected chi connectivity index (χ4v) is 2.82. The Morgan fingerprint density at radius 1 is 1.06 bits per heavy atom. The minimum Gasteiger partial charge on any atom is -0.462 e. The average molecular weight is 435 g/mol. The van der Waals surface area contributed by atoms with Crippen LogP contribution in [-0.2, 0) is 11.3 Å². The molecule has 0 aliphatic carbocycles. The Labute approximate surface area is 186 Å². The summed E-state index contributed by atoms with van der Waals surface area (Å²) < 4.78 is 5.21. The molecule has 1 heterocycles.